The molecule has 0 aliphatic rings. The number of anilines is 1. The van der Waals surface area contributed by atoms with Crippen LogP contribution in [-0.2, 0) is 16.0 Å². The molecule has 5 nitrogen and oxygen atoms in total. The molecule has 0 aliphatic carbocycles. The first kappa shape index (κ1) is 15.2. The van der Waals surface area contributed by atoms with Crippen LogP contribution in [0, 0.1) is 5.92 Å². The van der Waals surface area contributed by atoms with Gasteiger partial charge in [-0.25, -0.2) is 0 Å². The molecule has 0 bridgehead atoms. The van der Waals surface area contributed by atoms with Crippen LogP contribution in [0.1, 0.15) is 25.3 Å². The average molecular weight is 264 g/mol. The number of carbonyl (C=O) groups is 2. The van der Waals surface area contributed by atoms with Crippen molar-refractivity contribution in [2.75, 3.05) is 11.9 Å². The van der Waals surface area contributed by atoms with Crippen molar-refractivity contribution in [2.45, 2.75) is 26.2 Å². The second kappa shape index (κ2) is 7.53. The summed E-state index contributed by atoms with van der Waals surface area (Å²) in [6, 6.07) is 6.94. The quantitative estimate of drug-likeness (QED) is 0.697. The summed E-state index contributed by atoms with van der Waals surface area (Å²) >= 11 is 0. The monoisotopic (exact) mass is 264 g/mol. The maximum atomic E-state index is 12.0. The number of amides is 1. The number of aliphatic carboxylic acids is 1. The van der Waals surface area contributed by atoms with Gasteiger partial charge in [0.05, 0.1) is 6.42 Å². The van der Waals surface area contributed by atoms with E-state index in [1.807, 2.05) is 6.92 Å². The number of benzene rings is 1. The number of para-hydroxylation sites is 1. The summed E-state index contributed by atoms with van der Waals surface area (Å²) < 4.78 is 0. The summed E-state index contributed by atoms with van der Waals surface area (Å²) in [5.41, 5.74) is 6.58. The van der Waals surface area contributed by atoms with Crippen molar-refractivity contribution < 1.29 is 14.7 Å². The molecule has 1 rings (SSSR count). The fourth-order valence-corrected chi connectivity index (χ4v) is 1.77. The number of carbonyl (C=O) groups excluding carboxylic acids is 1. The van der Waals surface area contributed by atoms with Crippen LogP contribution in [0.2, 0.25) is 0 Å². The number of hydrogen-bond acceptors (Lipinski definition) is 3. The van der Waals surface area contributed by atoms with Gasteiger partial charge in [-0.05, 0) is 31.0 Å². The van der Waals surface area contributed by atoms with Crippen molar-refractivity contribution in [3.8, 4) is 0 Å². The van der Waals surface area contributed by atoms with E-state index in [-0.39, 0.29) is 18.2 Å². The molecule has 0 saturated carbocycles. The third kappa shape index (κ3) is 5.09. The molecule has 1 aromatic carbocycles. The van der Waals surface area contributed by atoms with Gasteiger partial charge in [0.2, 0.25) is 5.91 Å². The normalized spacial score (nSPS) is 11.9. The third-order valence-electron chi connectivity index (χ3n) is 2.91. The molecule has 0 spiro atoms. The molecule has 1 aromatic rings. The summed E-state index contributed by atoms with van der Waals surface area (Å²) in [5.74, 6) is -1.16. The van der Waals surface area contributed by atoms with Crippen molar-refractivity contribution in [1.82, 2.24) is 0 Å². The Morgan fingerprint density at radius 2 is 2.05 bits per heavy atom. The van der Waals surface area contributed by atoms with E-state index in [4.69, 9.17) is 10.8 Å². The van der Waals surface area contributed by atoms with Gasteiger partial charge >= 0.3 is 5.97 Å². The number of nitrogens with one attached hydrogen (secondary N) is 1. The highest BCUT2D eigenvalue weighted by Gasteiger charge is 2.14. The summed E-state index contributed by atoms with van der Waals surface area (Å²) in [7, 11) is 0. The molecule has 0 heterocycles. The first-order valence-electron chi connectivity index (χ1n) is 6.35. The van der Waals surface area contributed by atoms with Crippen molar-refractivity contribution in [3.05, 3.63) is 29.8 Å². The lowest BCUT2D eigenvalue weighted by Gasteiger charge is -2.14. The predicted molar refractivity (Wildman–Crippen MR) is 73.9 cm³/mol. The van der Waals surface area contributed by atoms with Crippen molar-refractivity contribution in [2.24, 2.45) is 11.7 Å². The molecule has 19 heavy (non-hydrogen) atoms. The van der Waals surface area contributed by atoms with Crippen LogP contribution in [0.3, 0.4) is 0 Å². The second-order valence-electron chi connectivity index (χ2n) is 4.55. The highest BCUT2D eigenvalue weighted by molar-refractivity contribution is 5.93. The smallest absolute Gasteiger partial charge is 0.307 e. The second-order valence-corrected chi connectivity index (χ2v) is 4.55. The van der Waals surface area contributed by atoms with E-state index in [1.54, 1.807) is 24.3 Å². The van der Waals surface area contributed by atoms with Crippen LogP contribution in [0.25, 0.3) is 0 Å². The maximum Gasteiger partial charge on any atom is 0.307 e. The summed E-state index contributed by atoms with van der Waals surface area (Å²) in [6.07, 6.45) is 1.42. The fourth-order valence-electron chi connectivity index (χ4n) is 1.77. The zero-order valence-corrected chi connectivity index (χ0v) is 11.1. The lowest BCUT2D eigenvalue weighted by molar-refractivity contribution is -0.136. The SMILES string of the molecule is CC(CCCN)C(=O)Nc1ccccc1CC(=O)O. The Labute approximate surface area is 112 Å². The molecule has 0 aromatic heterocycles. The first-order chi connectivity index (χ1) is 9.04. The number of nitrogens with two attached hydrogens (primary N) is 1. The van der Waals surface area contributed by atoms with Crippen molar-refractivity contribution in [1.29, 1.82) is 0 Å². The number of hydrogen-bond donors (Lipinski definition) is 3. The highest BCUT2D eigenvalue weighted by atomic mass is 16.4. The average Bonchev–Trinajstić information content (AvgIpc) is 2.37. The van der Waals surface area contributed by atoms with Gasteiger partial charge < -0.3 is 16.2 Å². The van der Waals surface area contributed by atoms with Gasteiger partial charge in [0, 0.05) is 11.6 Å². The van der Waals surface area contributed by atoms with Gasteiger partial charge in [0.1, 0.15) is 0 Å². The minimum Gasteiger partial charge on any atom is -0.481 e. The summed E-state index contributed by atoms with van der Waals surface area (Å²) in [5, 5.41) is 11.6. The standard InChI is InChI=1S/C14H20N2O3/c1-10(5-4-8-15)14(19)16-12-7-3-2-6-11(12)9-13(17)18/h2-3,6-7,10H,4-5,8-9,15H2,1H3,(H,16,19)(H,17,18). The van der Waals surface area contributed by atoms with Gasteiger partial charge in [0.15, 0.2) is 0 Å². The first-order valence-corrected chi connectivity index (χ1v) is 6.35. The van der Waals surface area contributed by atoms with E-state index in [2.05, 4.69) is 5.32 Å². The molecule has 4 N–H and O–H groups in total. The van der Waals surface area contributed by atoms with Gasteiger partial charge in [-0.3, -0.25) is 9.59 Å². The third-order valence-corrected chi connectivity index (χ3v) is 2.91. The Kier molecular flexibility index (Phi) is 6.02. The molecule has 0 radical (unpaired) electrons. The Bertz CT molecular complexity index is 446. The molecule has 1 amide bonds. The summed E-state index contributed by atoms with van der Waals surface area (Å²) in [6.45, 7) is 2.40. The molecule has 0 aliphatic heterocycles. The van der Waals surface area contributed by atoms with Crippen LogP contribution in [0.5, 0.6) is 0 Å². The Morgan fingerprint density at radius 3 is 2.68 bits per heavy atom. The van der Waals surface area contributed by atoms with Gasteiger partial charge in [-0.2, -0.15) is 0 Å². The van der Waals surface area contributed by atoms with E-state index in [9.17, 15) is 9.59 Å². The van der Waals surface area contributed by atoms with Crippen LogP contribution < -0.4 is 11.1 Å². The summed E-state index contributed by atoms with van der Waals surface area (Å²) in [4.78, 5) is 22.7. The van der Waals surface area contributed by atoms with Crippen LogP contribution in [-0.4, -0.2) is 23.5 Å². The van der Waals surface area contributed by atoms with E-state index >= 15 is 0 Å². The van der Waals surface area contributed by atoms with E-state index in [1.165, 1.54) is 0 Å². The van der Waals surface area contributed by atoms with Crippen molar-refractivity contribution >= 4 is 17.6 Å². The van der Waals surface area contributed by atoms with Gasteiger partial charge in [-0.1, -0.05) is 25.1 Å². The van der Waals surface area contributed by atoms with E-state index < -0.39 is 5.97 Å². The Hall–Kier alpha value is -1.88. The highest BCUT2D eigenvalue weighted by Crippen LogP contribution is 2.17. The van der Waals surface area contributed by atoms with Gasteiger partial charge in [0.25, 0.3) is 0 Å². The minimum atomic E-state index is -0.919. The Morgan fingerprint density at radius 1 is 1.37 bits per heavy atom. The zero-order valence-electron chi connectivity index (χ0n) is 11.1. The molecule has 1 atom stereocenters. The molecule has 1 unspecified atom stereocenters. The number of carboxylic acid groups (broad SMARTS) is 1. The van der Waals surface area contributed by atoms with Crippen molar-refractivity contribution in [3.63, 3.8) is 0 Å². The molecular weight excluding hydrogens is 244 g/mol. The Balaban J connectivity index is 2.70. The van der Waals surface area contributed by atoms with Crippen LogP contribution in [0.4, 0.5) is 5.69 Å². The minimum absolute atomic E-state index is 0.104. The van der Waals surface area contributed by atoms with E-state index in [0.29, 0.717) is 17.8 Å². The van der Waals surface area contributed by atoms with Gasteiger partial charge in [-0.15, -0.1) is 0 Å². The molecule has 0 fully saturated rings. The molecular formula is C14H20N2O3. The molecule has 104 valence electrons. The zero-order chi connectivity index (χ0) is 14.3. The van der Waals surface area contributed by atoms with Crippen LogP contribution in [0.15, 0.2) is 24.3 Å². The lowest BCUT2D eigenvalue weighted by atomic mass is 10.0. The molecule has 0 saturated heterocycles. The number of rotatable bonds is 7. The van der Waals surface area contributed by atoms with E-state index in [0.717, 1.165) is 12.8 Å². The topological polar surface area (TPSA) is 92.4 Å². The lowest BCUT2D eigenvalue weighted by Crippen LogP contribution is -2.22. The maximum absolute atomic E-state index is 12.0. The predicted octanol–water partition coefficient (Wildman–Crippen LogP) is 1.63. The van der Waals surface area contributed by atoms with Crippen LogP contribution >= 0.6 is 0 Å². The number of carboxylic acids is 1. The largest absolute Gasteiger partial charge is 0.481 e. The molecule has 5 heteroatoms. The fraction of sp³-hybridized carbons (Fsp3) is 0.429.